The van der Waals surface area contributed by atoms with Crippen LogP contribution in [0.1, 0.15) is 46.5 Å². The highest BCUT2D eigenvalue weighted by Gasteiger charge is 2.26. The number of carbonyl (C=O) groups excluding carboxylic acids is 1. The van der Waals surface area contributed by atoms with Crippen molar-refractivity contribution in [3.8, 4) is 0 Å². The van der Waals surface area contributed by atoms with E-state index >= 15 is 0 Å². The van der Waals surface area contributed by atoms with Gasteiger partial charge in [0, 0.05) is 40.5 Å². The third-order valence-electron chi connectivity index (χ3n) is 4.12. The first-order chi connectivity index (χ1) is 9.47. The second-order valence-electron chi connectivity index (χ2n) is 5.72. The van der Waals surface area contributed by atoms with E-state index in [4.69, 9.17) is 5.11 Å². The SMILES string of the molecule is CCS(=O)C1CCCC(NC(=O)NC(C)C(C)CO)C1. The molecule has 0 aliphatic heterocycles. The van der Waals surface area contributed by atoms with Gasteiger partial charge in [0.2, 0.25) is 0 Å². The molecule has 2 amide bonds. The van der Waals surface area contributed by atoms with Crippen molar-refractivity contribution in [1.29, 1.82) is 0 Å². The minimum atomic E-state index is -0.773. The molecular formula is C14H28N2O3S. The van der Waals surface area contributed by atoms with Crippen molar-refractivity contribution in [2.75, 3.05) is 12.4 Å². The Labute approximate surface area is 124 Å². The van der Waals surface area contributed by atoms with Gasteiger partial charge in [0.05, 0.1) is 0 Å². The molecule has 0 spiro atoms. The number of hydrogen-bond acceptors (Lipinski definition) is 3. The lowest BCUT2D eigenvalue weighted by atomic mass is 9.95. The third-order valence-corrected chi connectivity index (χ3v) is 5.86. The summed E-state index contributed by atoms with van der Waals surface area (Å²) in [5.74, 6) is 0.724. The van der Waals surface area contributed by atoms with Gasteiger partial charge in [0.1, 0.15) is 0 Å². The van der Waals surface area contributed by atoms with Gasteiger partial charge in [0.15, 0.2) is 0 Å². The van der Waals surface area contributed by atoms with E-state index in [9.17, 15) is 9.00 Å². The number of rotatable bonds is 6. The lowest BCUT2D eigenvalue weighted by Gasteiger charge is -2.30. The Kier molecular flexibility index (Phi) is 7.51. The molecule has 6 heteroatoms. The van der Waals surface area contributed by atoms with Crippen molar-refractivity contribution in [3.63, 3.8) is 0 Å². The Morgan fingerprint density at radius 2 is 2.10 bits per heavy atom. The first kappa shape index (κ1) is 17.4. The van der Waals surface area contributed by atoms with Gasteiger partial charge in [0.25, 0.3) is 0 Å². The average Bonchev–Trinajstić information content (AvgIpc) is 2.45. The lowest BCUT2D eigenvalue weighted by molar-refractivity contribution is 0.197. The summed E-state index contributed by atoms with van der Waals surface area (Å²) < 4.78 is 11.9. The number of urea groups is 1. The van der Waals surface area contributed by atoms with Crippen LogP contribution in [-0.4, -0.2) is 45.0 Å². The van der Waals surface area contributed by atoms with Gasteiger partial charge in [-0.2, -0.15) is 0 Å². The van der Waals surface area contributed by atoms with Crippen molar-refractivity contribution < 1.29 is 14.1 Å². The summed E-state index contributed by atoms with van der Waals surface area (Å²) >= 11 is 0. The molecule has 0 heterocycles. The minimum Gasteiger partial charge on any atom is -0.396 e. The van der Waals surface area contributed by atoms with Crippen LogP contribution in [0.5, 0.6) is 0 Å². The molecule has 3 N–H and O–H groups in total. The molecule has 0 saturated heterocycles. The summed E-state index contributed by atoms with van der Waals surface area (Å²) in [6.45, 7) is 5.78. The van der Waals surface area contributed by atoms with Gasteiger partial charge < -0.3 is 15.7 Å². The standard InChI is InChI=1S/C14H28N2O3S/c1-4-20(19)13-7-5-6-12(8-13)16-14(18)15-11(3)10(2)9-17/h10-13,17H,4-9H2,1-3H3,(H2,15,16,18). The minimum absolute atomic E-state index is 0.0347. The highest BCUT2D eigenvalue weighted by molar-refractivity contribution is 7.85. The highest BCUT2D eigenvalue weighted by Crippen LogP contribution is 2.22. The largest absolute Gasteiger partial charge is 0.396 e. The third kappa shape index (κ3) is 5.40. The van der Waals surface area contributed by atoms with Crippen LogP contribution in [0.3, 0.4) is 0 Å². The Hall–Kier alpha value is -0.620. The molecule has 20 heavy (non-hydrogen) atoms. The van der Waals surface area contributed by atoms with E-state index < -0.39 is 10.8 Å². The molecular weight excluding hydrogens is 276 g/mol. The molecule has 1 saturated carbocycles. The van der Waals surface area contributed by atoms with E-state index in [0.717, 1.165) is 25.7 Å². The summed E-state index contributed by atoms with van der Waals surface area (Å²) in [5, 5.41) is 15.1. The number of amides is 2. The van der Waals surface area contributed by atoms with E-state index in [2.05, 4.69) is 10.6 Å². The second-order valence-corrected chi connectivity index (χ2v) is 7.73. The summed E-state index contributed by atoms with van der Waals surface area (Å²) in [6, 6.07) is -0.143. The topological polar surface area (TPSA) is 78.4 Å². The zero-order valence-corrected chi connectivity index (χ0v) is 13.5. The first-order valence-corrected chi connectivity index (χ1v) is 8.91. The van der Waals surface area contributed by atoms with Crippen LogP contribution in [0.25, 0.3) is 0 Å². The van der Waals surface area contributed by atoms with Gasteiger partial charge >= 0.3 is 6.03 Å². The van der Waals surface area contributed by atoms with Crippen LogP contribution < -0.4 is 10.6 Å². The molecule has 1 fully saturated rings. The van der Waals surface area contributed by atoms with Gasteiger partial charge in [-0.1, -0.05) is 20.3 Å². The predicted molar refractivity (Wildman–Crippen MR) is 82.1 cm³/mol. The van der Waals surface area contributed by atoms with E-state index in [-0.39, 0.29) is 35.9 Å². The fraction of sp³-hybridized carbons (Fsp3) is 0.929. The van der Waals surface area contributed by atoms with Gasteiger partial charge in [-0.05, 0) is 32.1 Å². The number of nitrogens with one attached hydrogen (secondary N) is 2. The fourth-order valence-corrected chi connectivity index (χ4v) is 3.83. The lowest BCUT2D eigenvalue weighted by Crippen LogP contribution is -2.49. The van der Waals surface area contributed by atoms with Crippen LogP contribution in [0.2, 0.25) is 0 Å². The molecule has 5 nitrogen and oxygen atoms in total. The maximum atomic E-state index is 11.9. The molecule has 1 aliphatic rings. The van der Waals surface area contributed by atoms with E-state index in [1.165, 1.54) is 0 Å². The molecule has 5 atom stereocenters. The number of aliphatic hydroxyl groups excluding tert-OH is 1. The molecule has 118 valence electrons. The Morgan fingerprint density at radius 3 is 2.70 bits per heavy atom. The molecule has 1 rings (SSSR count). The van der Waals surface area contributed by atoms with E-state index in [1.54, 1.807) is 0 Å². The van der Waals surface area contributed by atoms with Gasteiger partial charge in [-0.3, -0.25) is 4.21 Å². The molecule has 1 aliphatic carbocycles. The van der Waals surface area contributed by atoms with Crippen molar-refractivity contribution in [2.24, 2.45) is 5.92 Å². The zero-order valence-electron chi connectivity index (χ0n) is 12.7. The average molecular weight is 304 g/mol. The maximum Gasteiger partial charge on any atom is 0.315 e. The summed E-state index contributed by atoms with van der Waals surface area (Å²) in [4.78, 5) is 11.9. The normalized spacial score (nSPS) is 27.4. The molecule has 5 unspecified atom stereocenters. The van der Waals surface area contributed by atoms with Crippen LogP contribution in [-0.2, 0) is 10.8 Å². The highest BCUT2D eigenvalue weighted by atomic mass is 32.2. The van der Waals surface area contributed by atoms with Gasteiger partial charge in [-0.15, -0.1) is 0 Å². The number of carbonyl (C=O) groups is 1. The van der Waals surface area contributed by atoms with Crippen LogP contribution in [0, 0.1) is 5.92 Å². The summed E-state index contributed by atoms with van der Waals surface area (Å²) in [5.41, 5.74) is 0. The number of hydrogen-bond donors (Lipinski definition) is 3. The van der Waals surface area contributed by atoms with E-state index in [0.29, 0.717) is 5.75 Å². The fourth-order valence-electron chi connectivity index (χ4n) is 2.48. The summed E-state index contributed by atoms with van der Waals surface area (Å²) in [6.07, 6.45) is 3.77. The first-order valence-electron chi connectivity index (χ1n) is 7.53. The van der Waals surface area contributed by atoms with Crippen LogP contribution in [0.15, 0.2) is 0 Å². The quantitative estimate of drug-likeness (QED) is 0.694. The van der Waals surface area contributed by atoms with Crippen LogP contribution in [0.4, 0.5) is 4.79 Å². The second kappa shape index (κ2) is 8.62. The Bertz CT molecular complexity index is 338. The van der Waals surface area contributed by atoms with E-state index in [1.807, 2.05) is 20.8 Å². The van der Waals surface area contributed by atoms with Gasteiger partial charge in [-0.25, -0.2) is 4.79 Å². The van der Waals surface area contributed by atoms with Crippen molar-refractivity contribution in [2.45, 2.75) is 63.8 Å². The molecule has 0 aromatic rings. The smallest absolute Gasteiger partial charge is 0.315 e. The number of aliphatic hydroxyl groups is 1. The van der Waals surface area contributed by atoms with Crippen molar-refractivity contribution in [1.82, 2.24) is 10.6 Å². The molecule has 0 aromatic heterocycles. The molecule has 0 aromatic carbocycles. The monoisotopic (exact) mass is 304 g/mol. The molecule has 0 radical (unpaired) electrons. The maximum absolute atomic E-state index is 11.9. The Balaban J connectivity index is 2.39. The zero-order chi connectivity index (χ0) is 15.1. The summed E-state index contributed by atoms with van der Waals surface area (Å²) in [7, 11) is -0.773. The molecule has 0 bridgehead atoms. The van der Waals surface area contributed by atoms with Crippen molar-refractivity contribution >= 4 is 16.8 Å². The van der Waals surface area contributed by atoms with Crippen molar-refractivity contribution in [3.05, 3.63) is 0 Å². The van der Waals surface area contributed by atoms with Crippen LogP contribution >= 0.6 is 0 Å². The predicted octanol–water partition coefficient (Wildman–Crippen LogP) is 1.38. The Morgan fingerprint density at radius 1 is 1.40 bits per heavy atom.